The van der Waals surface area contributed by atoms with Crippen LogP contribution in [0.5, 0.6) is 0 Å². The zero-order valence-electron chi connectivity index (χ0n) is 14.4. The first-order valence-electron chi connectivity index (χ1n) is 8.12. The minimum absolute atomic E-state index is 0.174. The summed E-state index contributed by atoms with van der Waals surface area (Å²) in [5, 5.41) is 4.08. The largest absolute Gasteiger partial charge is 0.300 e. The minimum atomic E-state index is -3.50. The van der Waals surface area contributed by atoms with Gasteiger partial charge in [0.2, 0.25) is 10.0 Å². The van der Waals surface area contributed by atoms with Crippen LogP contribution in [0.25, 0.3) is 0 Å². The number of nitrogens with zero attached hydrogens (tertiary/aromatic N) is 4. The van der Waals surface area contributed by atoms with Gasteiger partial charge in [0, 0.05) is 32.7 Å². The summed E-state index contributed by atoms with van der Waals surface area (Å²) in [6.07, 6.45) is 2.30. The predicted molar refractivity (Wildman–Crippen MR) is 93.3 cm³/mol. The number of hydrogen-bond donors (Lipinski definition) is 0. The molecule has 0 N–H and O–H groups in total. The van der Waals surface area contributed by atoms with Crippen LogP contribution >= 0.6 is 0 Å². The van der Waals surface area contributed by atoms with Gasteiger partial charge in [0.15, 0.2) is 0 Å². The van der Waals surface area contributed by atoms with E-state index in [0.29, 0.717) is 23.7 Å². The van der Waals surface area contributed by atoms with Crippen molar-refractivity contribution in [3.63, 3.8) is 0 Å². The zero-order valence-corrected chi connectivity index (χ0v) is 15.2. The maximum atomic E-state index is 13.0. The SMILES string of the molecule is Cc1c(S(=O)(=O)N2CCN(C)[C@@H](Cc3ccccc3)C2)cnn1C. The Balaban J connectivity index is 1.81. The molecule has 2 heterocycles. The van der Waals surface area contributed by atoms with Gasteiger partial charge in [-0.15, -0.1) is 0 Å². The second-order valence-corrected chi connectivity index (χ2v) is 8.31. The molecule has 1 aliphatic heterocycles. The van der Waals surface area contributed by atoms with Gasteiger partial charge >= 0.3 is 0 Å². The van der Waals surface area contributed by atoms with Crippen molar-refractivity contribution in [1.29, 1.82) is 0 Å². The van der Waals surface area contributed by atoms with E-state index in [0.717, 1.165) is 13.0 Å². The number of sulfonamides is 1. The van der Waals surface area contributed by atoms with Crippen LogP contribution in [0.2, 0.25) is 0 Å². The van der Waals surface area contributed by atoms with E-state index in [1.807, 2.05) is 18.2 Å². The number of aryl methyl sites for hydroxylation is 1. The minimum Gasteiger partial charge on any atom is -0.300 e. The molecule has 1 aromatic heterocycles. The van der Waals surface area contributed by atoms with Crippen molar-refractivity contribution in [3.05, 3.63) is 47.8 Å². The van der Waals surface area contributed by atoms with Crippen molar-refractivity contribution in [2.45, 2.75) is 24.3 Å². The number of hydrogen-bond acceptors (Lipinski definition) is 4. The summed E-state index contributed by atoms with van der Waals surface area (Å²) in [5.74, 6) is 0. The van der Waals surface area contributed by atoms with Crippen LogP contribution in [-0.2, 0) is 23.5 Å². The second kappa shape index (κ2) is 6.66. The molecule has 0 saturated carbocycles. The van der Waals surface area contributed by atoms with Gasteiger partial charge in [0.1, 0.15) is 4.90 Å². The molecule has 1 aromatic carbocycles. The fraction of sp³-hybridized carbons (Fsp3) is 0.471. The summed E-state index contributed by atoms with van der Waals surface area (Å²) in [4.78, 5) is 2.56. The third kappa shape index (κ3) is 3.24. The van der Waals surface area contributed by atoms with E-state index >= 15 is 0 Å². The lowest BCUT2D eigenvalue weighted by atomic mass is 10.0. The monoisotopic (exact) mass is 348 g/mol. The van der Waals surface area contributed by atoms with Crippen molar-refractivity contribution in [2.75, 3.05) is 26.7 Å². The highest BCUT2D eigenvalue weighted by molar-refractivity contribution is 7.89. The van der Waals surface area contributed by atoms with Crippen molar-refractivity contribution < 1.29 is 8.42 Å². The van der Waals surface area contributed by atoms with Crippen molar-refractivity contribution >= 4 is 10.0 Å². The van der Waals surface area contributed by atoms with Gasteiger partial charge in [-0.25, -0.2) is 8.42 Å². The highest BCUT2D eigenvalue weighted by Gasteiger charge is 2.34. The molecule has 2 aromatic rings. The third-order valence-corrected chi connectivity index (χ3v) is 6.83. The smallest absolute Gasteiger partial charge is 0.246 e. The van der Waals surface area contributed by atoms with E-state index in [1.165, 1.54) is 11.8 Å². The van der Waals surface area contributed by atoms with Crippen LogP contribution < -0.4 is 0 Å². The number of benzene rings is 1. The van der Waals surface area contributed by atoms with Gasteiger partial charge < -0.3 is 4.90 Å². The molecule has 1 atom stereocenters. The number of piperazine rings is 1. The van der Waals surface area contributed by atoms with Gasteiger partial charge in [-0.3, -0.25) is 4.68 Å². The van der Waals surface area contributed by atoms with Crippen LogP contribution in [0.1, 0.15) is 11.3 Å². The predicted octanol–water partition coefficient (Wildman–Crippen LogP) is 1.28. The fourth-order valence-corrected chi connectivity index (χ4v) is 4.77. The Morgan fingerprint density at radius 2 is 1.88 bits per heavy atom. The maximum Gasteiger partial charge on any atom is 0.246 e. The third-order valence-electron chi connectivity index (χ3n) is 4.86. The topological polar surface area (TPSA) is 58.4 Å². The van der Waals surface area contributed by atoms with Gasteiger partial charge in [-0.1, -0.05) is 30.3 Å². The Labute approximate surface area is 143 Å². The van der Waals surface area contributed by atoms with E-state index in [9.17, 15) is 8.42 Å². The molecule has 0 radical (unpaired) electrons. The first-order chi connectivity index (χ1) is 11.4. The van der Waals surface area contributed by atoms with E-state index in [4.69, 9.17) is 0 Å². The standard InChI is InChI=1S/C17H24N4O2S/c1-14-17(12-18-20(14)3)24(22,23)21-10-9-19(2)16(13-21)11-15-7-5-4-6-8-15/h4-8,12,16H,9-11,13H2,1-3H3/t16-/m0/s1. The number of rotatable bonds is 4. The molecule has 0 unspecified atom stereocenters. The molecular weight excluding hydrogens is 324 g/mol. The quantitative estimate of drug-likeness (QED) is 0.835. The molecule has 0 amide bonds. The van der Waals surface area contributed by atoms with Gasteiger partial charge in [-0.05, 0) is 26.0 Å². The van der Waals surface area contributed by atoms with E-state index in [1.54, 1.807) is 23.0 Å². The average Bonchev–Trinajstić information content (AvgIpc) is 2.90. The summed E-state index contributed by atoms with van der Waals surface area (Å²) in [5.41, 5.74) is 1.90. The van der Waals surface area contributed by atoms with E-state index in [-0.39, 0.29) is 6.04 Å². The number of likely N-dealkylation sites (N-methyl/N-ethyl adjacent to an activating group) is 1. The average molecular weight is 348 g/mol. The second-order valence-electron chi connectivity index (χ2n) is 6.41. The van der Waals surface area contributed by atoms with E-state index < -0.39 is 10.0 Å². The first kappa shape index (κ1) is 17.1. The molecule has 1 fully saturated rings. The molecule has 0 aliphatic carbocycles. The van der Waals surface area contributed by atoms with Crippen molar-refractivity contribution in [3.8, 4) is 0 Å². The fourth-order valence-electron chi connectivity index (χ4n) is 3.11. The first-order valence-corrected chi connectivity index (χ1v) is 9.56. The van der Waals surface area contributed by atoms with Gasteiger partial charge in [0.25, 0.3) is 0 Å². The lowest BCUT2D eigenvalue weighted by Crippen LogP contribution is -2.53. The van der Waals surface area contributed by atoms with E-state index in [2.05, 4.69) is 29.2 Å². The van der Waals surface area contributed by atoms with Crippen LogP contribution in [0.15, 0.2) is 41.4 Å². The number of aromatic nitrogens is 2. The molecule has 24 heavy (non-hydrogen) atoms. The summed E-state index contributed by atoms with van der Waals surface area (Å²) in [6.45, 7) is 3.54. The van der Waals surface area contributed by atoms with Crippen molar-refractivity contribution in [2.24, 2.45) is 7.05 Å². The van der Waals surface area contributed by atoms with Crippen LogP contribution in [0.3, 0.4) is 0 Å². The van der Waals surface area contributed by atoms with Gasteiger partial charge in [-0.2, -0.15) is 9.40 Å². The molecule has 0 spiro atoms. The zero-order chi connectivity index (χ0) is 17.3. The molecule has 0 bridgehead atoms. The summed E-state index contributed by atoms with van der Waals surface area (Å²) in [7, 11) is 0.326. The Morgan fingerprint density at radius 3 is 2.50 bits per heavy atom. The van der Waals surface area contributed by atoms with Crippen LogP contribution in [0, 0.1) is 6.92 Å². The van der Waals surface area contributed by atoms with Crippen molar-refractivity contribution in [1.82, 2.24) is 19.0 Å². The molecule has 3 rings (SSSR count). The Kier molecular flexibility index (Phi) is 4.76. The van der Waals surface area contributed by atoms with Gasteiger partial charge in [0.05, 0.1) is 11.9 Å². The maximum absolute atomic E-state index is 13.0. The Bertz CT molecular complexity index is 801. The molecule has 6 nitrogen and oxygen atoms in total. The Morgan fingerprint density at radius 1 is 1.17 bits per heavy atom. The molecule has 7 heteroatoms. The highest BCUT2D eigenvalue weighted by Crippen LogP contribution is 2.23. The molecular formula is C17H24N4O2S. The molecule has 1 aliphatic rings. The lowest BCUT2D eigenvalue weighted by molar-refractivity contribution is 0.147. The summed E-state index contributed by atoms with van der Waals surface area (Å²) in [6, 6.07) is 10.4. The molecule has 130 valence electrons. The Hall–Kier alpha value is -1.70. The molecule has 1 saturated heterocycles. The summed E-state index contributed by atoms with van der Waals surface area (Å²) < 4.78 is 29.2. The normalized spacial score (nSPS) is 20.4. The summed E-state index contributed by atoms with van der Waals surface area (Å²) >= 11 is 0. The lowest BCUT2D eigenvalue weighted by Gasteiger charge is -2.38. The van der Waals surface area contributed by atoms with Crippen LogP contribution in [-0.4, -0.2) is 60.1 Å². The van der Waals surface area contributed by atoms with Crippen LogP contribution in [0.4, 0.5) is 0 Å². The highest BCUT2D eigenvalue weighted by atomic mass is 32.2.